The zero-order valence-electron chi connectivity index (χ0n) is 14.7. The van der Waals surface area contributed by atoms with Gasteiger partial charge in [-0.05, 0) is 36.8 Å². The summed E-state index contributed by atoms with van der Waals surface area (Å²) in [5, 5.41) is 4.83. The first-order valence-corrected chi connectivity index (χ1v) is 9.79. The maximum Gasteiger partial charge on any atom is 0.144 e. The summed E-state index contributed by atoms with van der Waals surface area (Å²) in [7, 11) is 0. The number of benzene rings is 3. The lowest BCUT2D eigenvalue weighted by atomic mass is 10.0. The van der Waals surface area contributed by atoms with Gasteiger partial charge in [0.1, 0.15) is 11.2 Å². The zero-order chi connectivity index (χ0) is 18.0. The van der Waals surface area contributed by atoms with Crippen molar-refractivity contribution in [2.75, 3.05) is 0 Å². The molecule has 0 aliphatic heterocycles. The molecule has 3 aromatic carbocycles. The maximum absolute atomic E-state index is 6.26. The van der Waals surface area contributed by atoms with Crippen molar-refractivity contribution in [2.24, 2.45) is 0 Å². The molecular formula is C24H15NOS. The van der Waals surface area contributed by atoms with Crippen LogP contribution in [0.4, 0.5) is 0 Å². The first-order valence-electron chi connectivity index (χ1n) is 8.97. The first-order chi connectivity index (χ1) is 13.3. The number of pyridine rings is 1. The van der Waals surface area contributed by atoms with Crippen molar-refractivity contribution in [3.05, 3.63) is 78.5 Å². The van der Waals surface area contributed by atoms with Gasteiger partial charge in [0.15, 0.2) is 0 Å². The molecule has 27 heavy (non-hydrogen) atoms. The molecule has 6 aromatic rings. The van der Waals surface area contributed by atoms with E-state index in [9.17, 15) is 0 Å². The standard InChI is InChI=1S/C24H15NOS/c1-14-9-10-15-17-6-4-7-18(24(17)26-21(15)11-14)20-12-19-16-5-2-3-8-22(16)27-23(19)13-25-20/h2-13H,1H3. The number of para-hydroxylation sites is 1. The van der Waals surface area contributed by atoms with Crippen LogP contribution in [0.1, 0.15) is 5.56 Å². The molecule has 0 radical (unpaired) electrons. The van der Waals surface area contributed by atoms with Gasteiger partial charge in [0, 0.05) is 38.0 Å². The SMILES string of the molecule is Cc1ccc2c(c1)oc1c(-c3cc4c(cn3)sc3ccccc34)cccc12. The van der Waals surface area contributed by atoms with E-state index < -0.39 is 0 Å². The highest BCUT2D eigenvalue weighted by Gasteiger charge is 2.14. The third kappa shape index (κ3) is 2.15. The normalized spacial score (nSPS) is 11.9. The van der Waals surface area contributed by atoms with Crippen molar-refractivity contribution in [3.63, 3.8) is 0 Å². The van der Waals surface area contributed by atoms with Crippen LogP contribution in [-0.2, 0) is 0 Å². The summed E-state index contributed by atoms with van der Waals surface area (Å²) in [6.07, 6.45) is 1.99. The molecule has 0 aliphatic rings. The largest absolute Gasteiger partial charge is 0.455 e. The minimum atomic E-state index is 0.907. The molecule has 0 aliphatic carbocycles. The van der Waals surface area contributed by atoms with Crippen LogP contribution in [-0.4, -0.2) is 4.98 Å². The average molecular weight is 365 g/mol. The van der Waals surface area contributed by atoms with E-state index in [0.717, 1.165) is 33.2 Å². The average Bonchev–Trinajstić information content (AvgIpc) is 3.24. The highest BCUT2D eigenvalue weighted by Crippen LogP contribution is 2.38. The summed E-state index contributed by atoms with van der Waals surface area (Å²) in [6, 6.07) is 23.4. The van der Waals surface area contributed by atoms with Crippen molar-refractivity contribution >= 4 is 53.4 Å². The summed E-state index contributed by atoms with van der Waals surface area (Å²) in [6.45, 7) is 2.09. The number of furan rings is 1. The molecule has 0 atom stereocenters. The van der Waals surface area contributed by atoms with Crippen LogP contribution in [0.25, 0.3) is 53.4 Å². The number of hydrogen-bond acceptors (Lipinski definition) is 3. The Kier molecular flexibility index (Phi) is 3.00. The van der Waals surface area contributed by atoms with Gasteiger partial charge in [0.25, 0.3) is 0 Å². The fraction of sp³-hybridized carbons (Fsp3) is 0.0417. The minimum Gasteiger partial charge on any atom is -0.455 e. The predicted molar refractivity (Wildman–Crippen MR) is 115 cm³/mol. The lowest BCUT2D eigenvalue weighted by Crippen LogP contribution is -1.83. The summed E-state index contributed by atoms with van der Waals surface area (Å²) in [5.74, 6) is 0. The van der Waals surface area contributed by atoms with Crippen LogP contribution in [0.3, 0.4) is 0 Å². The molecule has 0 spiro atoms. The van der Waals surface area contributed by atoms with Gasteiger partial charge in [-0.3, -0.25) is 4.98 Å². The van der Waals surface area contributed by atoms with Crippen molar-refractivity contribution < 1.29 is 4.42 Å². The molecule has 3 heteroatoms. The number of aromatic nitrogens is 1. The molecule has 2 nitrogen and oxygen atoms in total. The van der Waals surface area contributed by atoms with Crippen molar-refractivity contribution in [2.45, 2.75) is 6.92 Å². The van der Waals surface area contributed by atoms with Gasteiger partial charge in [-0.15, -0.1) is 11.3 Å². The van der Waals surface area contributed by atoms with Crippen molar-refractivity contribution in [3.8, 4) is 11.3 Å². The Morgan fingerprint density at radius 1 is 0.778 bits per heavy atom. The third-order valence-electron chi connectivity index (χ3n) is 5.19. The predicted octanol–water partition coefficient (Wildman–Crippen LogP) is 7.32. The maximum atomic E-state index is 6.26. The molecule has 0 saturated heterocycles. The van der Waals surface area contributed by atoms with E-state index in [1.807, 2.05) is 6.20 Å². The molecular weight excluding hydrogens is 350 g/mol. The Morgan fingerprint density at radius 2 is 1.67 bits per heavy atom. The smallest absolute Gasteiger partial charge is 0.144 e. The minimum absolute atomic E-state index is 0.907. The molecule has 3 heterocycles. The fourth-order valence-corrected chi connectivity index (χ4v) is 4.94. The van der Waals surface area contributed by atoms with Crippen molar-refractivity contribution in [1.29, 1.82) is 0 Å². The van der Waals surface area contributed by atoms with E-state index in [2.05, 4.69) is 73.7 Å². The van der Waals surface area contributed by atoms with Gasteiger partial charge in [0.2, 0.25) is 0 Å². The first kappa shape index (κ1) is 14.9. The number of hydrogen-bond donors (Lipinski definition) is 0. The van der Waals surface area contributed by atoms with E-state index in [1.165, 1.54) is 25.7 Å². The topological polar surface area (TPSA) is 26.0 Å². The van der Waals surface area contributed by atoms with Crippen LogP contribution >= 0.6 is 11.3 Å². The van der Waals surface area contributed by atoms with Gasteiger partial charge in [-0.1, -0.05) is 42.5 Å². The quantitative estimate of drug-likeness (QED) is 0.305. The zero-order valence-corrected chi connectivity index (χ0v) is 15.5. The van der Waals surface area contributed by atoms with E-state index in [4.69, 9.17) is 9.40 Å². The number of fused-ring (bicyclic) bond motifs is 6. The highest BCUT2D eigenvalue weighted by atomic mass is 32.1. The number of nitrogens with zero attached hydrogens (tertiary/aromatic N) is 1. The summed E-state index contributed by atoms with van der Waals surface area (Å²) in [5.41, 5.74) is 5.03. The van der Waals surface area contributed by atoms with Crippen LogP contribution in [0.15, 0.2) is 77.3 Å². The molecule has 0 saturated carbocycles. The second-order valence-electron chi connectivity index (χ2n) is 6.95. The van der Waals surface area contributed by atoms with E-state index in [-0.39, 0.29) is 0 Å². The lowest BCUT2D eigenvalue weighted by molar-refractivity contribution is 0.669. The Bertz CT molecular complexity index is 1490. The van der Waals surface area contributed by atoms with E-state index >= 15 is 0 Å². The molecule has 0 amide bonds. The van der Waals surface area contributed by atoms with Gasteiger partial charge in [0.05, 0.1) is 10.4 Å². The summed E-state index contributed by atoms with van der Waals surface area (Å²) in [4.78, 5) is 4.76. The molecule has 6 rings (SSSR count). The van der Waals surface area contributed by atoms with Crippen LogP contribution in [0.2, 0.25) is 0 Å². The molecule has 0 fully saturated rings. The van der Waals surface area contributed by atoms with E-state index in [1.54, 1.807) is 11.3 Å². The Labute approximate surface area is 159 Å². The summed E-state index contributed by atoms with van der Waals surface area (Å²) >= 11 is 1.79. The fourth-order valence-electron chi connectivity index (χ4n) is 3.89. The van der Waals surface area contributed by atoms with Crippen LogP contribution in [0.5, 0.6) is 0 Å². The Hall–Kier alpha value is -3.17. The lowest BCUT2D eigenvalue weighted by Gasteiger charge is -2.02. The Morgan fingerprint density at radius 3 is 2.63 bits per heavy atom. The second kappa shape index (κ2) is 5.41. The summed E-state index contributed by atoms with van der Waals surface area (Å²) < 4.78 is 8.77. The van der Waals surface area contributed by atoms with Crippen LogP contribution in [0, 0.1) is 6.92 Å². The highest BCUT2D eigenvalue weighted by molar-refractivity contribution is 7.25. The third-order valence-corrected chi connectivity index (χ3v) is 6.32. The van der Waals surface area contributed by atoms with Gasteiger partial charge in [-0.2, -0.15) is 0 Å². The molecule has 128 valence electrons. The molecule has 0 unspecified atom stereocenters. The van der Waals surface area contributed by atoms with E-state index in [0.29, 0.717) is 0 Å². The monoisotopic (exact) mass is 365 g/mol. The van der Waals surface area contributed by atoms with Gasteiger partial charge >= 0.3 is 0 Å². The number of rotatable bonds is 1. The molecule has 0 N–H and O–H groups in total. The molecule has 3 aromatic heterocycles. The van der Waals surface area contributed by atoms with Crippen LogP contribution < -0.4 is 0 Å². The molecule has 0 bridgehead atoms. The van der Waals surface area contributed by atoms with Gasteiger partial charge in [-0.25, -0.2) is 0 Å². The second-order valence-corrected chi connectivity index (χ2v) is 8.03. The van der Waals surface area contributed by atoms with Gasteiger partial charge < -0.3 is 4.42 Å². The Balaban J connectivity index is 1.67. The van der Waals surface area contributed by atoms with Crippen molar-refractivity contribution in [1.82, 2.24) is 4.98 Å². The number of aryl methyl sites for hydroxylation is 1. The number of thiophene rings is 1.